The third-order valence-electron chi connectivity index (χ3n) is 4.92. The van der Waals surface area contributed by atoms with Crippen molar-refractivity contribution in [2.75, 3.05) is 32.7 Å². The Morgan fingerprint density at radius 1 is 0.962 bits per heavy atom. The first-order valence-corrected chi connectivity index (χ1v) is 10.7. The van der Waals surface area contributed by atoms with Crippen molar-refractivity contribution in [1.29, 1.82) is 0 Å². The SMILES string of the molecule is Cc1ccc(C)c(S(=O)(=O)N2CCN(CCc3ccc(Cl)cc3)CC2)c1. The van der Waals surface area contributed by atoms with Crippen LogP contribution in [0.5, 0.6) is 0 Å². The van der Waals surface area contributed by atoms with Crippen molar-refractivity contribution < 1.29 is 8.42 Å². The molecule has 0 aliphatic carbocycles. The molecule has 26 heavy (non-hydrogen) atoms. The molecule has 4 nitrogen and oxygen atoms in total. The lowest BCUT2D eigenvalue weighted by Gasteiger charge is -2.34. The van der Waals surface area contributed by atoms with E-state index in [0.717, 1.165) is 42.2 Å². The van der Waals surface area contributed by atoms with Crippen molar-refractivity contribution in [1.82, 2.24) is 9.21 Å². The number of rotatable bonds is 5. The van der Waals surface area contributed by atoms with E-state index in [-0.39, 0.29) is 0 Å². The first kappa shape index (κ1) is 19.4. The molecular weight excluding hydrogens is 368 g/mol. The topological polar surface area (TPSA) is 40.6 Å². The molecule has 0 aromatic heterocycles. The summed E-state index contributed by atoms with van der Waals surface area (Å²) < 4.78 is 27.6. The summed E-state index contributed by atoms with van der Waals surface area (Å²) in [7, 11) is -3.42. The van der Waals surface area contributed by atoms with Gasteiger partial charge in [0.05, 0.1) is 4.90 Å². The molecule has 0 radical (unpaired) electrons. The van der Waals surface area contributed by atoms with Gasteiger partial charge in [0.2, 0.25) is 10.0 Å². The van der Waals surface area contributed by atoms with Crippen LogP contribution in [0.1, 0.15) is 16.7 Å². The van der Waals surface area contributed by atoms with E-state index in [1.165, 1.54) is 5.56 Å². The Morgan fingerprint density at radius 2 is 1.62 bits per heavy atom. The molecule has 1 heterocycles. The van der Waals surface area contributed by atoms with E-state index in [1.807, 2.05) is 50.2 Å². The van der Waals surface area contributed by atoms with Crippen LogP contribution in [-0.4, -0.2) is 50.3 Å². The number of piperazine rings is 1. The van der Waals surface area contributed by atoms with Gasteiger partial charge in [-0.1, -0.05) is 35.9 Å². The molecule has 0 bridgehead atoms. The third-order valence-corrected chi connectivity index (χ3v) is 7.22. The molecule has 1 aliphatic rings. The van der Waals surface area contributed by atoms with Crippen LogP contribution in [0, 0.1) is 13.8 Å². The predicted molar refractivity (Wildman–Crippen MR) is 106 cm³/mol. The summed E-state index contributed by atoms with van der Waals surface area (Å²) in [5.41, 5.74) is 3.02. The fraction of sp³-hybridized carbons (Fsp3) is 0.400. The molecule has 1 saturated heterocycles. The number of nitrogens with zero attached hydrogens (tertiary/aromatic N) is 2. The molecule has 6 heteroatoms. The number of aryl methyl sites for hydroxylation is 2. The minimum Gasteiger partial charge on any atom is -0.300 e. The van der Waals surface area contributed by atoms with Crippen LogP contribution < -0.4 is 0 Å². The lowest BCUT2D eigenvalue weighted by Crippen LogP contribution is -2.49. The number of hydrogen-bond acceptors (Lipinski definition) is 3. The average Bonchev–Trinajstić information content (AvgIpc) is 2.63. The van der Waals surface area contributed by atoms with Crippen molar-refractivity contribution in [2.45, 2.75) is 25.2 Å². The van der Waals surface area contributed by atoms with Gasteiger partial charge in [-0.15, -0.1) is 0 Å². The predicted octanol–water partition coefficient (Wildman–Crippen LogP) is 3.51. The molecule has 0 saturated carbocycles. The second-order valence-corrected chi connectivity index (χ2v) is 9.23. The van der Waals surface area contributed by atoms with Crippen LogP contribution in [-0.2, 0) is 16.4 Å². The van der Waals surface area contributed by atoms with Crippen molar-refractivity contribution in [3.63, 3.8) is 0 Å². The lowest BCUT2D eigenvalue weighted by molar-refractivity contribution is 0.190. The minimum atomic E-state index is -3.42. The quantitative estimate of drug-likeness (QED) is 0.781. The molecule has 0 amide bonds. The van der Waals surface area contributed by atoms with Crippen LogP contribution in [0.15, 0.2) is 47.4 Å². The van der Waals surface area contributed by atoms with Crippen molar-refractivity contribution in [2.24, 2.45) is 0 Å². The van der Waals surface area contributed by atoms with Gasteiger partial charge in [0.1, 0.15) is 0 Å². The van der Waals surface area contributed by atoms with Gasteiger partial charge in [0.15, 0.2) is 0 Å². The second kappa shape index (κ2) is 8.09. The van der Waals surface area contributed by atoms with Crippen LogP contribution in [0.25, 0.3) is 0 Å². The fourth-order valence-corrected chi connectivity index (χ4v) is 5.11. The van der Waals surface area contributed by atoms with E-state index >= 15 is 0 Å². The molecular formula is C20H25ClN2O2S. The highest BCUT2D eigenvalue weighted by atomic mass is 35.5. The Labute approximate surface area is 161 Å². The molecule has 0 atom stereocenters. The molecule has 3 rings (SSSR count). The van der Waals surface area contributed by atoms with Crippen LogP contribution in [0.2, 0.25) is 5.02 Å². The molecule has 140 valence electrons. The van der Waals surface area contributed by atoms with Gasteiger partial charge in [-0.25, -0.2) is 8.42 Å². The molecule has 2 aromatic carbocycles. The lowest BCUT2D eigenvalue weighted by atomic mass is 10.1. The summed E-state index contributed by atoms with van der Waals surface area (Å²) in [5.74, 6) is 0. The number of hydrogen-bond donors (Lipinski definition) is 0. The first-order valence-electron chi connectivity index (χ1n) is 8.90. The van der Waals surface area contributed by atoms with Crippen LogP contribution >= 0.6 is 11.6 Å². The van der Waals surface area contributed by atoms with E-state index < -0.39 is 10.0 Å². The van der Waals surface area contributed by atoms with E-state index in [0.29, 0.717) is 18.0 Å². The van der Waals surface area contributed by atoms with Crippen molar-refractivity contribution in [3.05, 3.63) is 64.2 Å². The maximum Gasteiger partial charge on any atom is 0.243 e. The average molecular weight is 393 g/mol. The Morgan fingerprint density at radius 3 is 2.27 bits per heavy atom. The number of halogens is 1. The van der Waals surface area contributed by atoms with E-state index in [1.54, 1.807) is 10.4 Å². The maximum absolute atomic E-state index is 13.0. The van der Waals surface area contributed by atoms with Gasteiger partial charge in [-0.2, -0.15) is 4.31 Å². The second-order valence-electron chi connectivity index (χ2n) is 6.89. The van der Waals surface area contributed by atoms with Gasteiger partial charge in [0.25, 0.3) is 0 Å². The molecule has 0 N–H and O–H groups in total. The summed E-state index contributed by atoms with van der Waals surface area (Å²) in [5, 5.41) is 0.749. The Kier molecular flexibility index (Phi) is 6.03. The highest BCUT2D eigenvalue weighted by Gasteiger charge is 2.29. The standard InChI is InChI=1S/C20H25ClN2O2S/c1-16-3-4-17(2)20(15-16)26(24,25)23-13-11-22(12-14-23)10-9-18-5-7-19(21)8-6-18/h3-8,15H,9-14H2,1-2H3. The highest BCUT2D eigenvalue weighted by Crippen LogP contribution is 2.22. The van der Waals surface area contributed by atoms with Crippen molar-refractivity contribution in [3.8, 4) is 0 Å². The minimum absolute atomic E-state index is 0.437. The molecule has 1 fully saturated rings. The largest absolute Gasteiger partial charge is 0.300 e. The summed E-state index contributed by atoms with van der Waals surface area (Å²) in [6, 6.07) is 13.5. The van der Waals surface area contributed by atoms with Gasteiger partial charge in [0, 0.05) is 37.7 Å². The first-order chi connectivity index (χ1) is 12.4. The van der Waals surface area contributed by atoms with Gasteiger partial charge >= 0.3 is 0 Å². The van der Waals surface area contributed by atoms with Gasteiger partial charge in [-0.05, 0) is 55.2 Å². The Balaban J connectivity index is 1.59. The third kappa shape index (κ3) is 4.46. The zero-order valence-electron chi connectivity index (χ0n) is 15.3. The fourth-order valence-electron chi connectivity index (χ4n) is 3.26. The molecule has 0 unspecified atom stereocenters. The van der Waals surface area contributed by atoms with E-state index in [4.69, 9.17) is 11.6 Å². The van der Waals surface area contributed by atoms with Crippen molar-refractivity contribution >= 4 is 21.6 Å². The summed E-state index contributed by atoms with van der Waals surface area (Å²) >= 11 is 5.92. The summed E-state index contributed by atoms with van der Waals surface area (Å²) in [6.45, 7) is 7.31. The Hall–Kier alpha value is -1.40. The zero-order chi connectivity index (χ0) is 18.7. The van der Waals surface area contributed by atoms with E-state index in [9.17, 15) is 8.42 Å². The number of sulfonamides is 1. The highest BCUT2D eigenvalue weighted by molar-refractivity contribution is 7.89. The van der Waals surface area contributed by atoms with Gasteiger partial charge < -0.3 is 4.90 Å². The Bertz CT molecular complexity index is 858. The summed E-state index contributed by atoms with van der Waals surface area (Å²) in [6.07, 6.45) is 0.945. The van der Waals surface area contributed by atoms with Gasteiger partial charge in [-0.3, -0.25) is 0 Å². The monoisotopic (exact) mass is 392 g/mol. The summed E-state index contributed by atoms with van der Waals surface area (Å²) in [4.78, 5) is 2.76. The normalized spacial score (nSPS) is 16.7. The van der Waals surface area contributed by atoms with Crippen LogP contribution in [0.3, 0.4) is 0 Å². The smallest absolute Gasteiger partial charge is 0.243 e. The molecule has 2 aromatic rings. The zero-order valence-corrected chi connectivity index (χ0v) is 16.9. The van der Waals surface area contributed by atoms with Crippen LogP contribution in [0.4, 0.5) is 0 Å². The molecule has 1 aliphatic heterocycles. The molecule has 0 spiro atoms. The van der Waals surface area contributed by atoms with E-state index in [2.05, 4.69) is 4.90 Å². The maximum atomic E-state index is 13.0. The number of benzene rings is 2.